The molecule has 1 aliphatic rings. The molecule has 0 bridgehead atoms. The van der Waals surface area contributed by atoms with Crippen LogP contribution in [-0.2, 0) is 4.79 Å². The van der Waals surface area contributed by atoms with Crippen LogP contribution in [-0.4, -0.2) is 24.2 Å². The highest BCUT2D eigenvalue weighted by molar-refractivity contribution is 5.88. The summed E-state index contributed by atoms with van der Waals surface area (Å²) in [5.74, 6) is -0.127. The SMILES string of the molecule is Cc1ccccc1N1CC(C)(CO)C(=O)N1. The Bertz CT molecular complexity index is 419. The van der Waals surface area contributed by atoms with Gasteiger partial charge in [0.1, 0.15) is 0 Å². The van der Waals surface area contributed by atoms with Crippen molar-refractivity contribution >= 4 is 11.6 Å². The second-order valence-electron chi connectivity index (χ2n) is 4.53. The zero-order chi connectivity index (χ0) is 11.8. The molecule has 1 aliphatic heterocycles. The number of para-hydroxylation sites is 1. The molecule has 1 amide bonds. The first-order valence-electron chi connectivity index (χ1n) is 5.32. The van der Waals surface area contributed by atoms with Gasteiger partial charge in [0.2, 0.25) is 5.91 Å². The van der Waals surface area contributed by atoms with Gasteiger partial charge in [-0.25, -0.2) is 0 Å². The van der Waals surface area contributed by atoms with E-state index in [0.29, 0.717) is 6.54 Å². The molecule has 1 heterocycles. The van der Waals surface area contributed by atoms with Gasteiger partial charge >= 0.3 is 0 Å². The first kappa shape index (κ1) is 11.0. The smallest absolute Gasteiger partial charge is 0.248 e. The van der Waals surface area contributed by atoms with Crippen molar-refractivity contribution in [1.82, 2.24) is 5.43 Å². The van der Waals surface area contributed by atoms with E-state index in [1.807, 2.05) is 31.2 Å². The molecular formula is C12H16N2O2. The van der Waals surface area contributed by atoms with Crippen LogP contribution in [0.4, 0.5) is 5.69 Å². The summed E-state index contributed by atoms with van der Waals surface area (Å²) in [6.07, 6.45) is 0. The number of hydrogen-bond donors (Lipinski definition) is 2. The lowest BCUT2D eigenvalue weighted by molar-refractivity contribution is -0.128. The molecule has 4 nitrogen and oxygen atoms in total. The maximum Gasteiger partial charge on any atom is 0.248 e. The van der Waals surface area contributed by atoms with Gasteiger partial charge in [-0.1, -0.05) is 18.2 Å². The van der Waals surface area contributed by atoms with Gasteiger partial charge in [-0.05, 0) is 25.5 Å². The van der Waals surface area contributed by atoms with Crippen molar-refractivity contribution in [2.24, 2.45) is 5.41 Å². The monoisotopic (exact) mass is 220 g/mol. The number of rotatable bonds is 2. The van der Waals surface area contributed by atoms with Gasteiger partial charge in [-0.2, -0.15) is 0 Å². The van der Waals surface area contributed by atoms with E-state index in [4.69, 9.17) is 0 Å². The molecule has 0 radical (unpaired) electrons. The van der Waals surface area contributed by atoms with E-state index in [-0.39, 0.29) is 12.5 Å². The zero-order valence-electron chi connectivity index (χ0n) is 9.53. The lowest BCUT2D eigenvalue weighted by Gasteiger charge is -2.21. The summed E-state index contributed by atoms with van der Waals surface area (Å²) in [7, 11) is 0. The lowest BCUT2D eigenvalue weighted by atomic mass is 9.92. The van der Waals surface area contributed by atoms with Crippen LogP contribution in [0.1, 0.15) is 12.5 Å². The number of aliphatic hydroxyl groups excluding tert-OH is 1. The molecule has 0 aliphatic carbocycles. The molecule has 1 fully saturated rings. The fourth-order valence-electron chi connectivity index (χ4n) is 1.85. The van der Waals surface area contributed by atoms with Crippen LogP contribution in [0.3, 0.4) is 0 Å². The standard InChI is InChI=1S/C12H16N2O2/c1-9-5-3-4-6-10(9)14-7-12(2,8-15)11(16)13-14/h3-6,15H,7-8H2,1-2H3,(H,13,16). The second-order valence-corrected chi connectivity index (χ2v) is 4.53. The third kappa shape index (κ3) is 1.65. The first-order valence-corrected chi connectivity index (χ1v) is 5.32. The number of anilines is 1. The van der Waals surface area contributed by atoms with Gasteiger partial charge in [-0.15, -0.1) is 0 Å². The van der Waals surface area contributed by atoms with Crippen molar-refractivity contribution in [3.8, 4) is 0 Å². The number of amides is 1. The van der Waals surface area contributed by atoms with Gasteiger partial charge < -0.3 is 5.11 Å². The normalized spacial score (nSPS) is 24.7. The fourth-order valence-corrected chi connectivity index (χ4v) is 1.85. The van der Waals surface area contributed by atoms with Crippen LogP contribution < -0.4 is 10.4 Å². The molecule has 2 rings (SSSR count). The highest BCUT2D eigenvalue weighted by Crippen LogP contribution is 2.28. The van der Waals surface area contributed by atoms with Crippen molar-refractivity contribution in [3.63, 3.8) is 0 Å². The molecule has 1 unspecified atom stereocenters. The number of aryl methyl sites for hydroxylation is 1. The lowest BCUT2D eigenvalue weighted by Crippen LogP contribution is -2.34. The number of nitrogens with one attached hydrogen (secondary N) is 1. The Balaban J connectivity index is 2.27. The molecule has 1 aromatic carbocycles. The molecule has 1 saturated heterocycles. The third-order valence-electron chi connectivity index (χ3n) is 3.05. The number of aliphatic hydroxyl groups is 1. The number of nitrogens with zero attached hydrogens (tertiary/aromatic N) is 1. The number of carbonyl (C=O) groups excluding carboxylic acids is 1. The highest BCUT2D eigenvalue weighted by Gasteiger charge is 2.42. The Labute approximate surface area is 94.9 Å². The molecule has 4 heteroatoms. The van der Waals surface area contributed by atoms with Crippen LogP contribution >= 0.6 is 0 Å². The van der Waals surface area contributed by atoms with Crippen molar-refractivity contribution in [2.75, 3.05) is 18.2 Å². The number of hydrogen-bond acceptors (Lipinski definition) is 3. The van der Waals surface area contributed by atoms with E-state index in [9.17, 15) is 9.90 Å². The molecule has 0 aromatic heterocycles. The van der Waals surface area contributed by atoms with E-state index >= 15 is 0 Å². The Morgan fingerprint density at radius 2 is 2.19 bits per heavy atom. The van der Waals surface area contributed by atoms with Gasteiger partial charge in [0.15, 0.2) is 0 Å². The predicted molar refractivity (Wildman–Crippen MR) is 61.9 cm³/mol. The minimum Gasteiger partial charge on any atom is -0.395 e. The van der Waals surface area contributed by atoms with Gasteiger partial charge in [-0.3, -0.25) is 15.2 Å². The van der Waals surface area contributed by atoms with Crippen molar-refractivity contribution in [2.45, 2.75) is 13.8 Å². The molecule has 0 spiro atoms. The fraction of sp³-hybridized carbons (Fsp3) is 0.417. The van der Waals surface area contributed by atoms with Crippen LogP contribution in [0.2, 0.25) is 0 Å². The molecular weight excluding hydrogens is 204 g/mol. The number of benzene rings is 1. The molecule has 86 valence electrons. The molecule has 1 atom stereocenters. The molecule has 1 aromatic rings. The Kier molecular flexibility index (Phi) is 2.59. The van der Waals surface area contributed by atoms with E-state index in [1.165, 1.54) is 0 Å². The van der Waals surface area contributed by atoms with E-state index in [1.54, 1.807) is 11.9 Å². The summed E-state index contributed by atoms with van der Waals surface area (Å²) in [4.78, 5) is 11.7. The maximum atomic E-state index is 11.7. The van der Waals surface area contributed by atoms with Crippen molar-refractivity contribution < 1.29 is 9.90 Å². The minimum absolute atomic E-state index is 0.127. The highest BCUT2D eigenvalue weighted by atomic mass is 16.3. The van der Waals surface area contributed by atoms with Gasteiger partial charge in [0, 0.05) is 0 Å². The van der Waals surface area contributed by atoms with Crippen LogP contribution in [0, 0.1) is 12.3 Å². The van der Waals surface area contributed by atoms with Crippen molar-refractivity contribution in [1.29, 1.82) is 0 Å². The average molecular weight is 220 g/mol. The average Bonchev–Trinajstić information content (AvgIpc) is 2.57. The largest absolute Gasteiger partial charge is 0.395 e. The summed E-state index contributed by atoms with van der Waals surface area (Å²) in [6, 6.07) is 7.85. The molecule has 2 N–H and O–H groups in total. The molecule has 16 heavy (non-hydrogen) atoms. The van der Waals surface area contributed by atoms with Gasteiger partial charge in [0.25, 0.3) is 0 Å². The van der Waals surface area contributed by atoms with E-state index in [2.05, 4.69) is 5.43 Å². The first-order chi connectivity index (χ1) is 7.57. The quantitative estimate of drug-likeness (QED) is 0.776. The van der Waals surface area contributed by atoms with Gasteiger partial charge in [0.05, 0.1) is 24.3 Å². The van der Waals surface area contributed by atoms with Crippen LogP contribution in [0.5, 0.6) is 0 Å². The summed E-state index contributed by atoms with van der Waals surface area (Å²) in [5.41, 5.74) is 4.16. The minimum atomic E-state index is -0.706. The van der Waals surface area contributed by atoms with E-state index < -0.39 is 5.41 Å². The number of carbonyl (C=O) groups is 1. The van der Waals surface area contributed by atoms with E-state index in [0.717, 1.165) is 11.3 Å². The van der Waals surface area contributed by atoms with Crippen LogP contribution in [0.25, 0.3) is 0 Å². The summed E-state index contributed by atoms with van der Waals surface area (Å²) in [5, 5.41) is 11.0. The Hall–Kier alpha value is -1.55. The Morgan fingerprint density at radius 3 is 2.75 bits per heavy atom. The van der Waals surface area contributed by atoms with Crippen molar-refractivity contribution in [3.05, 3.63) is 29.8 Å². The maximum absolute atomic E-state index is 11.7. The summed E-state index contributed by atoms with van der Waals surface area (Å²) in [6.45, 7) is 4.12. The predicted octanol–water partition coefficient (Wildman–Crippen LogP) is 0.845. The second kappa shape index (κ2) is 3.79. The number of hydrazine groups is 1. The molecule has 0 saturated carbocycles. The van der Waals surface area contributed by atoms with Crippen LogP contribution in [0.15, 0.2) is 24.3 Å². The Morgan fingerprint density at radius 1 is 1.50 bits per heavy atom. The zero-order valence-corrected chi connectivity index (χ0v) is 9.53. The topological polar surface area (TPSA) is 52.6 Å². The summed E-state index contributed by atoms with van der Waals surface area (Å²) >= 11 is 0. The summed E-state index contributed by atoms with van der Waals surface area (Å²) < 4.78 is 0. The third-order valence-corrected chi connectivity index (χ3v) is 3.05.